The van der Waals surface area contributed by atoms with Crippen molar-refractivity contribution in [3.8, 4) is 11.5 Å². The van der Waals surface area contributed by atoms with Crippen molar-refractivity contribution in [2.75, 3.05) is 7.11 Å². The first-order chi connectivity index (χ1) is 10.0. The van der Waals surface area contributed by atoms with E-state index in [1.54, 1.807) is 7.11 Å². The van der Waals surface area contributed by atoms with Gasteiger partial charge in [-0.3, -0.25) is 0 Å². The van der Waals surface area contributed by atoms with Crippen LogP contribution in [0.2, 0.25) is 0 Å². The normalized spacial score (nSPS) is 13.6. The SMILES string of the molecule is COc1ccc(C(Oc2ccc(C)cc2C)C(C)N)cc1. The molecule has 2 unspecified atom stereocenters. The van der Waals surface area contributed by atoms with Crippen LogP contribution in [0.5, 0.6) is 11.5 Å². The van der Waals surface area contributed by atoms with E-state index in [0.717, 1.165) is 22.6 Å². The highest BCUT2D eigenvalue weighted by Crippen LogP contribution is 2.28. The lowest BCUT2D eigenvalue weighted by atomic mass is 10.0. The molecule has 0 aromatic heterocycles. The van der Waals surface area contributed by atoms with Crippen LogP contribution < -0.4 is 15.2 Å². The summed E-state index contributed by atoms with van der Waals surface area (Å²) >= 11 is 0. The highest BCUT2D eigenvalue weighted by Gasteiger charge is 2.19. The first-order valence-electron chi connectivity index (χ1n) is 7.14. The van der Waals surface area contributed by atoms with Crippen molar-refractivity contribution < 1.29 is 9.47 Å². The molecule has 0 aliphatic carbocycles. The third-order valence-electron chi connectivity index (χ3n) is 3.51. The maximum atomic E-state index is 6.16. The molecule has 0 saturated heterocycles. The Labute approximate surface area is 126 Å². The maximum Gasteiger partial charge on any atom is 0.138 e. The lowest BCUT2D eigenvalue weighted by molar-refractivity contribution is 0.179. The highest BCUT2D eigenvalue weighted by atomic mass is 16.5. The second-order valence-electron chi connectivity index (χ2n) is 5.44. The number of hydrogen-bond donors (Lipinski definition) is 1. The largest absolute Gasteiger partial charge is 0.497 e. The van der Waals surface area contributed by atoms with Crippen molar-refractivity contribution in [3.63, 3.8) is 0 Å². The molecule has 0 aliphatic heterocycles. The van der Waals surface area contributed by atoms with Crippen LogP contribution in [0.1, 0.15) is 29.7 Å². The minimum atomic E-state index is -0.183. The summed E-state index contributed by atoms with van der Waals surface area (Å²) in [6, 6.07) is 13.9. The molecular formula is C18H23NO2. The van der Waals surface area contributed by atoms with Crippen LogP contribution in [-0.2, 0) is 0 Å². The summed E-state index contributed by atoms with van der Waals surface area (Å²) in [6.07, 6.45) is -0.183. The van der Waals surface area contributed by atoms with Crippen molar-refractivity contribution in [2.45, 2.75) is 32.9 Å². The summed E-state index contributed by atoms with van der Waals surface area (Å²) in [4.78, 5) is 0. The molecule has 2 aromatic rings. The van der Waals surface area contributed by atoms with Gasteiger partial charge in [0.25, 0.3) is 0 Å². The zero-order chi connectivity index (χ0) is 15.4. The first-order valence-corrected chi connectivity index (χ1v) is 7.14. The Kier molecular flexibility index (Phi) is 4.86. The van der Waals surface area contributed by atoms with Crippen LogP contribution in [0.4, 0.5) is 0 Å². The van der Waals surface area contributed by atoms with Gasteiger partial charge in [0.05, 0.1) is 7.11 Å². The number of benzene rings is 2. The molecule has 0 aliphatic rings. The van der Waals surface area contributed by atoms with Crippen molar-refractivity contribution in [2.24, 2.45) is 5.73 Å². The Morgan fingerprint density at radius 1 is 1.00 bits per heavy atom. The van der Waals surface area contributed by atoms with E-state index in [1.807, 2.05) is 37.3 Å². The van der Waals surface area contributed by atoms with Gasteiger partial charge < -0.3 is 15.2 Å². The zero-order valence-electron chi connectivity index (χ0n) is 13.1. The predicted octanol–water partition coefficient (Wildman–Crippen LogP) is 3.78. The van der Waals surface area contributed by atoms with Crippen molar-refractivity contribution >= 4 is 0 Å². The monoisotopic (exact) mass is 285 g/mol. The molecule has 0 saturated carbocycles. The zero-order valence-corrected chi connectivity index (χ0v) is 13.1. The van der Waals surface area contributed by atoms with E-state index < -0.39 is 0 Å². The topological polar surface area (TPSA) is 44.5 Å². The molecule has 3 heteroatoms. The smallest absolute Gasteiger partial charge is 0.138 e. The molecule has 0 bridgehead atoms. The molecule has 0 radical (unpaired) electrons. The lowest BCUT2D eigenvalue weighted by Crippen LogP contribution is -2.29. The van der Waals surface area contributed by atoms with Crippen LogP contribution in [0, 0.1) is 13.8 Å². The summed E-state index contributed by atoms with van der Waals surface area (Å²) in [7, 11) is 1.66. The molecule has 2 aromatic carbocycles. The fraction of sp³-hybridized carbons (Fsp3) is 0.333. The van der Waals surface area contributed by atoms with Gasteiger partial charge in [0.2, 0.25) is 0 Å². The van der Waals surface area contributed by atoms with Crippen LogP contribution in [-0.4, -0.2) is 13.2 Å². The van der Waals surface area contributed by atoms with Crippen molar-refractivity contribution in [1.82, 2.24) is 0 Å². The van der Waals surface area contributed by atoms with E-state index in [2.05, 4.69) is 26.0 Å². The number of aryl methyl sites for hydroxylation is 2. The Morgan fingerprint density at radius 2 is 1.67 bits per heavy atom. The van der Waals surface area contributed by atoms with Gasteiger partial charge in [-0.15, -0.1) is 0 Å². The van der Waals surface area contributed by atoms with Gasteiger partial charge in [-0.1, -0.05) is 29.8 Å². The number of nitrogens with two attached hydrogens (primary N) is 1. The first kappa shape index (κ1) is 15.4. The molecule has 2 N–H and O–H groups in total. The van der Waals surface area contributed by atoms with E-state index in [-0.39, 0.29) is 12.1 Å². The quantitative estimate of drug-likeness (QED) is 0.909. The Bertz CT molecular complexity index is 591. The second-order valence-corrected chi connectivity index (χ2v) is 5.44. The molecule has 0 fully saturated rings. The molecule has 2 rings (SSSR count). The summed E-state index contributed by atoms with van der Waals surface area (Å²) in [5.74, 6) is 1.70. The van der Waals surface area contributed by atoms with E-state index in [1.165, 1.54) is 5.56 Å². The Balaban J connectivity index is 2.26. The van der Waals surface area contributed by atoms with Gasteiger partial charge in [0.1, 0.15) is 17.6 Å². The molecule has 21 heavy (non-hydrogen) atoms. The molecule has 2 atom stereocenters. The van der Waals surface area contributed by atoms with Crippen LogP contribution in [0.25, 0.3) is 0 Å². The number of ether oxygens (including phenoxy) is 2. The second kappa shape index (κ2) is 6.64. The Hall–Kier alpha value is -2.00. The minimum absolute atomic E-state index is 0.112. The summed E-state index contributed by atoms with van der Waals surface area (Å²) in [5, 5.41) is 0. The van der Waals surface area contributed by atoms with Gasteiger partial charge in [0, 0.05) is 6.04 Å². The molecule has 112 valence electrons. The van der Waals surface area contributed by atoms with Gasteiger partial charge >= 0.3 is 0 Å². The lowest BCUT2D eigenvalue weighted by Gasteiger charge is -2.24. The standard InChI is InChI=1S/C18H23NO2/c1-12-5-10-17(13(2)11-12)21-18(14(3)19)15-6-8-16(20-4)9-7-15/h5-11,14,18H,19H2,1-4H3. The fourth-order valence-electron chi connectivity index (χ4n) is 2.34. The van der Waals surface area contributed by atoms with Crippen molar-refractivity contribution in [1.29, 1.82) is 0 Å². The molecule has 0 spiro atoms. The van der Waals surface area contributed by atoms with E-state index in [4.69, 9.17) is 15.2 Å². The number of rotatable bonds is 5. The maximum absolute atomic E-state index is 6.16. The number of methoxy groups -OCH3 is 1. The highest BCUT2D eigenvalue weighted by molar-refractivity contribution is 5.37. The fourth-order valence-corrected chi connectivity index (χ4v) is 2.34. The van der Waals surface area contributed by atoms with Crippen LogP contribution >= 0.6 is 0 Å². The van der Waals surface area contributed by atoms with Crippen LogP contribution in [0.3, 0.4) is 0 Å². The average Bonchev–Trinajstić information content (AvgIpc) is 2.46. The minimum Gasteiger partial charge on any atom is -0.497 e. The summed E-state index contributed by atoms with van der Waals surface area (Å²) in [5.41, 5.74) is 9.50. The molecule has 0 heterocycles. The van der Waals surface area contributed by atoms with Gasteiger partial charge in [-0.2, -0.15) is 0 Å². The molecular weight excluding hydrogens is 262 g/mol. The van der Waals surface area contributed by atoms with Crippen molar-refractivity contribution in [3.05, 3.63) is 59.2 Å². The third kappa shape index (κ3) is 3.76. The molecule has 0 amide bonds. The van der Waals surface area contributed by atoms with E-state index >= 15 is 0 Å². The Morgan fingerprint density at radius 3 is 2.19 bits per heavy atom. The summed E-state index contributed by atoms with van der Waals surface area (Å²) < 4.78 is 11.3. The van der Waals surface area contributed by atoms with Gasteiger partial charge in [0.15, 0.2) is 0 Å². The van der Waals surface area contributed by atoms with Crippen LogP contribution in [0.15, 0.2) is 42.5 Å². The number of hydrogen-bond acceptors (Lipinski definition) is 3. The molecule has 3 nitrogen and oxygen atoms in total. The third-order valence-corrected chi connectivity index (χ3v) is 3.51. The van der Waals surface area contributed by atoms with E-state index in [9.17, 15) is 0 Å². The average molecular weight is 285 g/mol. The predicted molar refractivity (Wildman–Crippen MR) is 85.9 cm³/mol. The van der Waals surface area contributed by atoms with E-state index in [0.29, 0.717) is 0 Å². The van der Waals surface area contributed by atoms with Gasteiger partial charge in [-0.25, -0.2) is 0 Å². The van der Waals surface area contributed by atoms with Gasteiger partial charge in [-0.05, 0) is 50.1 Å². The summed E-state index contributed by atoms with van der Waals surface area (Å²) in [6.45, 7) is 6.08.